The van der Waals surface area contributed by atoms with Crippen molar-refractivity contribution in [3.05, 3.63) is 129 Å². The molecule has 9 nitrogen and oxygen atoms in total. The highest BCUT2D eigenvalue weighted by Gasteiger charge is 2.16. The van der Waals surface area contributed by atoms with Crippen LogP contribution in [0.15, 0.2) is 91.3 Å². The Bertz CT molecular complexity index is 2080. The number of ether oxygens (including phenoxy) is 3. The maximum absolute atomic E-state index is 10.9. The minimum atomic E-state index is -0.838. The Kier molecular flexibility index (Phi) is 15.8. The van der Waals surface area contributed by atoms with Gasteiger partial charge in [-0.25, -0.2) is 0 Å². The van der Waals surface area contributed by atoms with Gasteiger partial charge >= 0.3 is 5.97 Å². The van der Waals surface area contributed by atoms with Gasteiger partial charge in [0.05, 0.1) is 15.6 Å². The minimum Gasteiger partial charge on any atom is -0.492 e. The standard InChI is InChI=1S/C44H46Cl2N4O5/c1-3-4-17-48-19-20-53-36-15-13-33(14-16-36)38-10-6-11-39(44(38)46)37-9-5-8-34(30(37)2)29-55-42-23-41(54-28-32-21-31(24-47)25-50-26-32)35(22-40(42)45)27-49-18-7-12-43(51)52/h5-6,8-11,13-16,21-23,25-26,48-49H,3-4,7,12,17-20,27-29H2,1-2H3,(H,51,52). The third-order valence-corrected chi connectivity index (χ3v) is 9.73. The number of aromatic nitrogens is 1. The Hall–Kier alpha value is -5.11. The highest BCUT2D eigenvalue weighted by molar-refractivity contribution is 6.36. The van der Waals surface area contributed by atoms with Crippen LogP contribution in [0.2, 0.25) is 10.0 Å². The van der Waals surface area contributed by atoms with Gasteiger partial charge in [0.25, 0.3) is 0 Å². The maximum atomic E-state index is 10.9. The molecule has 0 unspecified atom stereocenters. The van der Waals surface area contributed by atoms with Gasteiger partial charge in [0, 0.05) is 60.2 Å². The summed E-state index contributed by atoms with van der Waals surface area (Å²) in [5.74, 6) is 0.966. The van der Waals surface area contributed by atoms with E-state index < -0.39 is 5.97 Å². The van der Waals surface area contributed by atoms with Gasteiger partial charge in [-0.15, -0.1) is 0 Å². The van der Waals surface area contributed by atoms with E-state index >= 15 is 0 Å². The lowest BCUT2D eigenvalue weighted by Crippen LogP contribution is -2.21. The van der Waals surface area contributed by atoms with E-state index in [1.807, 2.05) is 54.6 Å². The molecule has 0 atom stereocenters. The molecule has 5 aromatic rings. The molecule has 0 bridgehead atoms. The summed E-state index contributed by atoms with van der Waals surface area (Å²) in [5, 5.41) is 26.0. The number of benzene rings is 4. The summed E-state index contributed by atoms with van der Waals surface area (Å²) in [7, 11) is 0. The fourth-order valence-corrected chi connectivity index (χ4v) is 6.56. The van der Waals surface area contributed by atoms with Gasteiger partial charge in [0.15, 0.2) is 0 Å². The molecule has 0 saturated carbocycles. The molecule has 0 aliphatic rings. The van der Waals surface area contributed by atoms with Crippen molar-refractivity contribution in [1.29, 1.82) is 5.26 Å². The molecule has 1 heterocycles. The molecule has 0 aliphatic carbocycles. The highest BCUT2D eigenvalue weighted by atomic mass is 35.5. The second-order valence-electron chi connectivity index (χ2n) is 13.1. The quantitative estimate of drug-likeness (QED) is 0.0624. The minimum absolute atomic E-state index is 0.0752. The summed E-state index contributed by atoms with van der Waals surface area (Å²) in [5.41, 5.74) is 7.78. The number of hydrogen-bond acceptors (Lipinski definition) is 8. The predicted molar refractivity (Wildman–Crippen MR) is 218 cm³/mol. The maximum Gasteiger partial charge on any atom is 0.303 e. The first-order valence-corrected chi connectivity index (χ1v) is 19.2. The Morgan fingerprint density at radius 3 is 2.35 bits per heavy atom. The molecule has 0 radical (unpaired) electrons. The van der Waals surface area contributed by atoms with E-state index in [1.165, 1.54) is 12.6 Å². The molecule has 1 aromatic heterocycles. The van der Waals surface area contributed by atoms with Crippen LogP contribution in [-0.4, -0.2) is 42.3 Å². The van der Waals surface area contributed by atoms with Gasteiger partial charge in [-0.1, -0.05) is 85.1 Å². The number of rotatable bonds is 21. The van der Waals surface area contributed by atoms with E-state index in [1.54, 1.807) is 24.4 Å². The molecular formula is C44H46Cl2N4O5. The molecule has 55 heavy (non-hydrogen) atoms. The molecule has 5 rings (SSSR count). The van der Waals surface area contributed by atoms with Crippen LogP contribution in [0.1, 0.15) is 60.4 Å². The highest BCUT2D eigenvalue weighted by Crippen LogP contribution is 2.39. The van der Waals surface area contributed by atoms with Crippen LogP contribution in [0.25, 0.3) is 22.3 Å². The predicted octanol–water partition coefficient (Wildman–Crippen LogP) is 9.78. The van der Waals surface area contributed by atoms with E-state index in [-0.39, 0.29) is 19.6 Å². The number of nitriles is 1. The van der Waals surface area contributed by atoms with E-state index in [9.17, 15) is 10.1 Å². The van der Waals surface area contributed by atoms with Crippen molar-refractivity contribution >= 4 is 29.2 Å². The number of halogens is 2. The summed E-state index contributed by atoms with van der Waals surface area (Å²) in [4.78, 5) is 15.1. The lowest BCUT2D eigenvalue weighted by atomic mass is 9.94. The molecule has 0 fully saturated rings. The summed E-state index contributed by atoms with van der Waals surface area (Å²) >= 11 is 13.9. The van der Waals surface area contributed by atoms with Crippen molar-refractivity contribution in [3.63, 3.8) is 0 Å². The van der Waals surface area contributed by atoms with Crippen molar-refractivity contribution in [2.45, 2.75) is 59.3 Å². The summed E-state index contributed by atoms with van der Waals surface area (Å²) < 4.78 is 18.5. The largest absolute Gasteiger partial charge is 0.492 e. The number of unbranched alkanes of at least 4 members (excludes halogenated alkanes) is 1. The first-order chi connectivity index (χ1) is 26.8. The van der Waals surface area contributed by atoms with Gasteiger partial charge in [0.1, 0.15) is 43.1 Å². The fraction of sp³-hybridized carbons (Fsp3) is 0.295. The Morgan fingerprint density at radius 1 is 0.818 bits per heavy atom. The van der Waals surface area contributed by atoms with Crippen molar-refractivity contribution < 1.29 is 24.1 Å². The van der Waals surface area contributed by atoms with Gasteiger partial charge in [-0.2, -0.15) is 5.26 Å². The first kappa shape index (κ1) is 41.1. The van der Waals surface area contributed by atoms with Crippen molar-refractivity contribution in [2.24, 2.45) is 0 Å². The van der Waals surface area contributed by atoms with Crippen LogP contribution in [0, 0.1) is 18.3 Å². The van der Waals surface area contributed by atoms with Crippen LogP contribution in [0.5, 0.6) is 17.2 Å². The Morgan fingerprint density at radius 2 is 1.56 bits per heavy atom. The number of aliphatic carboxylic acids is 1. The number of carboxylic acid groups (broad SMARTS) is 1. The van der Waals surface area contributed by atoms with Crippen LogP contribution < -0.4 is 24.8 Å². The normalized spacial score (nSPS) is 10.9. The smallest absolute Gasteiger partial charge is 0.303 e. The second kappa shape index (κ2) is 21.1. The number of carboxylic acids is 1. The average molecular weight is 782 g/mol. The Balaban J connectivity index is 1.30. The van der Waals surface area contributed by atoms with E-state index in [0.717, 1.165) is 69.8 Å². The van der Waals surface area contributed by atoms with Crippen LogP contribution in [-0.2, 0) is 24.6 Å². The van der Waals surface area contributed by atoms with Crippen LogP contribution in [0.3, 0.4) is 0 Å². The number of carbonyl (C=O) groups is 1. The molecular weight excluding hydrogens is 735 g/mol. The van der Waals surface area contributed by atoms with Crippen molar-refractivity contribution in [3.8, 4) is 45.6 Å². The molecule has 11 heteroatoms. The zero-order valence-electron chi connectivity index (χ0n) is 31.2. The Labute approximate surface area is 333 Å². The molecule has 0 spiro atoms. The summed E-state index contributed by atoms with van der Waals surface area (Å²) in [6, 6.07) is 27.5. The van der Waals surface area contributed by atoms with E-state index in [4.69, 9.17) is 42.5 Å². The van der Waals surface area contributed by atoms with Crippen molar-refractivity contribution in [1.82, 2.24) is 15.6 Å². The van der Waals surface area contributed by atoms with E-state index in [0.29, 0.717) is 53.2 Å². The summed E-state index contributed by atoms with van der Waals surface area (Å²) in [6.45, 7) is 7.98. The molecule has 4 aromatic carbocycles. The van der Waals surface area contributed by atoms with Crippen LogP contribution >= 0.6 is 23.2 Å². The first-order valence-electron chi connectivity index (χ1n) is 18.4. The summed E-state index contributed by atoms with van der Waals surface area (Å²) in [6.07, 6.45) is 6.04. The number of pyridine rings is 1. The van der Waals surface area contributed by atoms with Gasteiger partial charge in [-0.3, -0.25) is 9.78 Å². The SMILES string of the molecule is CCCCNCCOc1ccc(-c2cccc(-c3cccc(COc4cc(OCc5cncc(C#N)c5)c(CNCCCC(=O)O)cc4Cl)c3C)c2Cl)cc1. The number of nitrogens with zero attached hydrogens (tertiary/aromatic N) is 2. The van der Waals surface area contributed by atoms with Gasteiger partial charge < -0.3 is 30.0 Å². The fourth-order valence-electron chi connectivity index (χ4n) is 5.98. The second-order valence-corrected chi connectivity index (χ2v) is 13.9. The zero-order chi connectivity index (χ0) is 39.0. The lowest BCUT2D eigenvalue weighted by molar-refractivity contribution is -0.137. The molecule has 0 aliphatic heterocycles. The van der Waals surface area contributed by atoms with E-state index in [2.05, 4.69) is 41.6 Å². The molecule has 0 amide bonds. The van der Waals surface area contributed by atoms with Crippen LogP contribution in [0.4, 0.5) is 0 Å². The molecule has 0 saturated heterocycles. The third-order valence-electron chi connectivity index (χ3n) is 9.03. The topological polar surface area (TPSA) is 126 Å². The number of nitrogens with one attached hydrogen (secondary N) is 2. The number of hydrogen-bond donors (Lipinski definition) is 3. The monoisotopic (exact) mass is 780 g/mol. The lowest BCUT2D eigenvalue weighted by Gasteiger charge is -2.18. The van der Waals surface area contributed by atoms with Gasteiger partial charge in [0.2, 0.25) is 0 Å². The third kappa shape index (κ3) is 11.9. The van der Waals surface area contributed by atoms with Gasteiger partial charge in [-0.05, 0) is 79.4 Å². The average Bonchev–Trinajstić information content (AvgIpc) is 3.19. The van der Waals surface area contributed by atoms with Crippen molar-refractivity contribution in [2.75, 3.05) is 26.2 Å². The zero-order valence-corrected chi connectivity index (χ0v) is 32.7. The molecule has 286 valence electrons. The molecule has 3 N–H and O–H groups in total.